The molecule has 4 aromatic rings. The molecule has 2 aliphatic rings. The quantitative estimate of drug-likeness (QED) is 0.0793. The zero-order valence-electron chi connectivity index (χ0n) is 23.1. The van der Waals surface area contributed by atoms with Crippen LogP contribution in [0.1, 0.15) is 39.7 Å². The summed E-state index contributed by atoms with van der Waals surface area (Å²) in [5, 5.41) is 32.6. The van der Waals surface area contributed by atoms with Gasteiger partial charge < -0.3 is 10.3 Å². The molecule has 3 unspecified atom stereocenters. The van der Waals surface area contributed by atoms with E-state index in [1.807, 2.05) is 36.4 Å². The minimum atomic E-state index is -4.22. The highest BCUT2D eigenvalue weighted by atomic mass is 32.2. The first kappa shape index (κ1) is 28.4. The number of phenols is 1. The molecule has 0 amide bonds. The molecule has 2 saturated carbocycles. The van der Waals surface area contributed by atoms with Gasteiger partial charge in [-0.05, 0) is 54.7 Å². The van der Waals surface area contributed by atoms with Crippen molar-refractivity contribution in [2.45, 2.75) is 44.6 Å². The van der Waals surface area contributed by atoms with Gasteiger partial charge in [-0.2, -0.15) is 18.1 Å². The van der Waals surface area contributed by atoms with Gasteiger partial charge in [0.15, 0.2) is 12.4 Å². The van der Waals surface area contributed by atoms with E-state index < -0.39 is 10.1 Å². The molecule has 41 heavy (non-hydrogen) atoms. The van der Waals surface area contributed by atoms with E-state index in [1.54, 1.807) is 12.1 Å². The van der Waals surface area contributed by atoms with E-state index >= 15 is 0 Å². The third kappa shape index (κ3) is 5.09. The summed E-state index contributed by atoms with van der Waals surface area (Å²) < 4.78 is 33.1. The Kier molecular flexibility index (Phi) is 7.39. The van der Waals surface area contributed by atoms with Gasteiger partial charge in [0.1, 0.15) is 11.5 Å². The normalized spacial score (nSPS) is 24.0. The van der Waals surface area contributed by atoms with Crippen molar-refractivity contribution in [1.29, 1.82) is 0 Å². The van der Waals surface area contributed by atoms with Crippen LogP contribution in [-0.4, -0.2) is 29.0 Å². The Morgan fingerprint density at radius 3 is 2.15 bits per heavy atom. The summed E-state index contributed by atoms with van der Waals surface area (Å²) >= 11 is 0. The van der Waals surface area contributed by atoms with E-state index in [4.69, 9.17) is 4.55 Å². The second kappa shape index (κ2) is 10.7. The van der Waals surface area contributed by atoms with E-state index in [9.17, 15) is 18.7 Å². The Hall–Kier alpha value is -4.15. The molecular formula is C31H33N4O5S+. The standard InChI is InChI=1S/C16H12N2O4S.C15H20N2O/c19-16-10-9-15(13-3-1-2-4-14(13)16)18-17-11-5-7-12(8-6-11)23(20,21)22;1-14(2)11-7-8-15(14,3)13(16-18)12(11)17-9-5-4-6-10-17/h1-10,19H,(H,20,21,22);4-6,9-12H,7-8H2,1-3H3/p+1/b;16-13+. The molecule has 0 spiro atoms. The number of aromatic nitrogens is 1. The van der Waals surface area contributed by atoms with Crippen molar-refractivity contribution in [1.82, 2.24) is 0 Å². The van der Waals surface area contributed by atoms with E-state index in [2.05, 4.69) is 53.1 Å². The molecule has 3 N–H and O–H groups in total. The van der Waals surface area contributed by atoms with Crippen molar-refractivity contribution >= 4 is 38.0 Å². The molecule has 3 atom stereocenters. The Balaban J connectivity index is 0.000000169. The van der Waals surface area contributed by atoms with Crippen LogP contribution in [0.15, 0.2) is 112 Å². The topological polar surface area (TPSA) is 136 Å². The van der Waals surface area contributed by atoms with Crippen LogP contribution in [0.5, 0.6) is 5.75 Å². The Morgan fingerprint density at radius 2 is 1.51 bits per heavy atom. The Morgan fingerprint density at radius 1 is 0.854 bits per heavy atom. The second-order valence-corrected chi connectivity index (χ2v) is 12.7. The van der Waals surface area contributed by atoms with Crippen LogP contribution in [0.2, 0.25) is 0 Å². The minimum absolute atomic E-state index is 0.0277. The molecule has 212 valence electrons. The molecular weight excluding hydrogens is 540 g/mol. The maximum Gasteiger partial charge on any atom is 0.294 e. The van der Waals surface area contributed by atoms with Crippen LogP contribution >= 0.6 is 0 Å². The lowest BCUT2D eigenvalue weighted by atomic mass is 9.70. The van der Waals surface area contributed by atoms with Gasteiger partial charge in [-0.3, -0.25) is 4.55 Å². The second-order valence-electron chi connectivity index (χ2n) is 11.3. The maximum atomic E-state index is 11.0. The molecule has 3 aromatic carbocycles. The van der Waals surface area contributed by atoms with E-state index in [-0.39, 0.29) is 27.5 Å². The first-order valence-corrected chi connectivity index (χ1v) is 14.8. The van der Waals surface area contributed by atoms with Crippen LogP contribution in [0.3, 0.4) is 0 Å². The SMILES string of the molecule is CC12CCC(C([n+]3ccccc3)/C1=N\O)C2(C)C.O=S(=O)(O)c1ccc(N=Nc2ccc(O)c3ccccc23)cc1. The largest absolute Gasteiger partial charge is 0.507 e. The number of azo groups is 1. The summed E-state index contributed by atoms with van der Waals surface area (Å²) in [6.07, 6.45) is 6.51. The van der Waals surface area contributed by atoms with E-state index in [0.29, 0.717) is 22.7 Å². The predicted octanol–water partition coefficient (Wildman–Crippen LogP) is 7.01. The van der Waals surface area contributed by atoms with Crippen LogP contribution < -0.4 is 4.57 Å². The zero-order valence-corrected chi connectivity index (χ0v) is 23.9. The van der Waals surface area contributed by atoms with Crippen LogP contribution in [0.25, 0.3) is 10.8 Å². The van der Waals surface area contributed by atoms with Gasteiger partial charge in [0, 0.05) is 34.2 Å². The first-order valence-electron chi connectivity index (χ1n) is 13.4. The fourth-order valence-electron chi connectivity index (χ4n) is 6.33. The van der Waals surface area contributed by atoms with E-state index in [0.717, 1.165) is 17.5 Å². The number of pyridine rings is 1. The van der Waals surface area contributed by atoms with Crippen molar-refractivity contribution in [3.05, 3.63) is 91.3 Å². The highest BCUT2D eigenvalue weighted by Crippen LogP contribution is 2.66. The van der Waals surface area contributed by atoms with Crippen molar-refractivity contribution in [3.63, 3.8) is 0 Å². The number of aromatic hydroxyl groups is 1. The molecule has 2 aliphatic carbocycles. The monoisotopic (exact) mass is 573 g/mol. The highest BCUT2D eigenvalue weighted by Gasteiger charge is 2.68. The predicted molar refractivity (Wildman–Crippen MR) is 156 cm³/mol. The summed E-state index contributed by atoms with van der Waals surface area (Å²) in [4.78, 5) is -0.202. The smallest absolute Gasteiger partial charge is 0.294 e. The van der Waals surface area contributed by atoms with Gasteiger partial charge in [0.05, 0.1) is 16.3 Å². The third-order valence-electron chi connectivity index (χ3n) is 8.98. The molecule has 2 fully saturated rings. The summed E-state index contributed by atoms with van der Waals surface area (Å²) in [6.45, 7) is 6.89. The molecule has 6 rings (SSSR count). The number of phenolic OH excluding ortho intramolecular Hbond substituents is 1. The summed E-state index contributed by atoms with van der Waals surface area (Å²) in [5.74, 6) is 0.720. The lowest BCUT2D eigenvalue weighted by Crippen LogP contribution is -2.47. The van der Waals surface area contributed by atoms with Gasteiger partial charge >= 0.3 is 0 Å². The average Bonchev–Trinajstić information content (AvgIpc) is 3.30. The average molecular weight is 574 g/mol. The van der Waals surface area contributed by atoms with Gasteiger partial charge in [0.2, 0.25) is 6.04 Å². The van der Waals surface area contributed by atoms with Crippen molar-refractivity contribution in [3.8, 4) is 5.75 Å². The fraction of sp³-hybridized carbons (Fsp3) is 0.290. The van der Waals surface area contributed by atoms with Crippen molar-refractivity contribution in [2.75, 3.05) is 0 Å². The Bertz CT molecular complexity index is 1740. The fourth-order valence-corrected chi connectivity index (χ4v) is 6.81. The molecule has 0 saturated heterocycles. The molecule has 10 heteroatoms. The van der Waals surface area contributed by atoms with Crippen LogP contribution in [0.4, 0.5) is 11.4 Å². The lowest BCUT2D eigenvalue weighted by molar-refractivity contribution is -0.713. The summed E-state index contributed by atoms with van der Waals surface area (Å²) in [5.41, 5.74) is 2.20. The molecule has 1 heterocycles. The highest BCUT2D eigenvalue weighted by molar-refractivity contribution is 7.85. The number of hydrogen-bond acceptors (Lipinski definition) is 7. The van der Waals surface area contributed by atoms with Crippen LogP contribution in [0, 0.1) is 16.7 Å². The number of nitrogens with zero attached hydrogens (tertiary/aromatic N) is 4. The number of rotatable bonds is 4. The lowest BCUT2D eigenvalue weighted by Gasteiger charge is -2.32. The van der Waals surface area contributed by atoms with Gasteiger partial charge in [-0.25, -0.2) is 0 Å². The number of fused-ring (bicyclic) bond motifs is 3. The first-order chi connectivity index (χ1) is 19.5. The van der Waals surface area contributed by atoms with Gasteiger partial charge in [-0.1, -0.05) is 56.3 Å². The van der Waals surface area contributed by atoms with Gasteiger partial charge in [0.25, 0.3) is 10.1 Å². The summed E-state index contributed by atoms with van der Waals surface area (Å²) in [7, 11) is -4.22. The maximum absolute atomic E-state index is 11.0. The zero-order chi connectivity index (χ0) is 29.4. The number of benzene rings is 3. The third-order valence-corrected chi connectivity index (χ3v) is 9.85. The van der Waals surface area contributed by atoms with Gasteiger partial charge in [-0.15, -0.1) is 5.11 Å². The molecule has 9 nitrogen and oxygen atoms in total. The number of oxime groups is 1. The molecule has 0 radical (unpaired) electrons. The van der Waals surface area contributed by atoms with Crippen molar-refractivity contribution < 1.29 is 27.9 Å². The number of hydrogen-bond donors (Lipinski definition) is 3. The molecule has 1 aromatic heterocycles. The molecule has 0 aliphatic heterocycles. The van der Waals surface area contributed by atoms with Crippen LogP contribution in [-0.2, 0) is 10.1 Å². The van der Waals surface area contributed by atoms with E-state index in [1.165, 1.54) is 36.8 Å². The summed E-state index contributed by atoms with van der Waals surface area (Å²) in [6, 6.07) is 22.1. The Labute approximate surface area is 239 Å². The minimum Gasteiger partial charge on any atom is -0.507 e. The van der Waals surface area contributed by atoms with Crippen molar-refractivity contribution in [2.24, 2.45) is 32.1 Å². The molecule has 2 bridgehead atoms.